The van der Waals surface area contributed by atoms with Gasteiger partial charge in [0.2, 0.25) is 11.8 Å². The third-order valence-electron chi connectivity index (χ3n) is 2.94. The molecule has 0 aromatic rings. The molecule has 1 aliphatic heterocycles. The van der Waals surface area contributed by atoms with Crippen LogP contribution in [0.4, 0.5) is 0 Å². The first-order valence-electron chi connectivity index (χ1n) is 6.87. The van der Waals surface area contributed by atoms with Crippen LogP contribution in [0.5, 0.6) is 0 Å². The highest BCUT2D eigenvalue weighted by molar-refractivity contribution is 5.85. The van der Waals surface area contributed by atoms with E-state index in [1.165, 1.54) is 0 Å². The summed E-state index contributed by atoms with van der Waals surface area (Å²) in [5, 5.41) is 6.10. The number of nitrogens with zero attached hydrogens (tertiary/aromatic N) is 1. The molecule has 6 heteroatoms. The predicted molar refractivity (Wildman–Crippen MR) is 78.4 cm³/mol. The van der Waals surface area contributed by atoms with Crippen LogP contribution in [0.25, 0.3) is 0 Å². The molecule has 0 saturated carbocycles. The summed E-state index contributed by atoms with van der Waals surface area (Å²) in [4.78, 5) is 25.2. The van der Waals surface area contributed by atoms with Gasteiger partial charge in [0, 0.05) is 38.5 Å². The summed E-state index contributed by atoms with van der Waals surface area (Å²) in [6.45, 7) is 7.36. The fraction of sp³-hybridized carbons (Fsp3) is 0.846. The van der Waals surface area contributed by atoms with Crippen molar-refractivity contribution in [3.8, 4) is 0 Å². The van der Waals surface area contributed by atoms with Gasteiger partial charge in [0.25, 0.3) is 0 Å². The molecule has 0 unspecified atom stereocenters. The fourth-order valence-corrected chi connectivity index (χ4v) is 2.05. The van der Waals surface area contributed by atoms with Gasteiger partial charge in [-0.2, -0.15) is 0 Å². The first kappa shape index (κ1) is 18.2. The van der Waals surface area contributed by atoms with Gasteiger partial charge >= 0.3 is 0 Å². The van der Waals surface area contributed by atoms with E-state index in [0.29, 0.717) is 19.3 Å². The van der Waals surface area contributed by atoms with E-state index in [0.717, 1.165) is 32.6 Å². The molecule has 1 rings (SSSR count). The zero-order valence-corrected chi connectivity index (χ0v) is 12.7. The highest BCUT2D eigenvalue weighted by Crippen LogP contribution is 2.03. The number of hydrogen-bond acceptors (Lipinski definition) is 3. The lowest BCUT2D eigenvalue weighted by molar-refractivity contribution is -0.131. The van der Waals surface area contributed by atoms with Crippen LogP contribution in [-0.4, -0.2) is 48.9 Å². The van der Waals surface area contributed by atoms with Crippen molar-refractivity contribution in [2.24, 2.45) is 0 Å². The van der Waals surface area contributed by atoms with Crippen LogP contribution in [0.3, 0.4) is 0 Å². The van der Waals surface area contributed by atoms with Gasteiger partial charge in [0.05, 0.1) is 0 Å². The third-order valence-corrected chi connectivity index (χ3v) is 2.94. The Labute approximate surface area is 121 Å². The maximum Gasteiger partial charge on any atom is 0.222 e. The molecule has 0 bridgehead atoms. The van der Waals surface area contributed by atoms with Crippen molar-refractivity contribution >= 4 is 24.2 Å². The van der Waals surface area contributed by atoms with Crippen LogP contribution in [0, 0.1) is 0 Å². The molecule has 2 N–H and O–H groups in total. The van der Waals surface area contributed by atoms with Crippen LogP contribution in [0.15, 0.2) is 0 Å². The molecule has 2 amide bonds. The molecule has 0 radical (unpaired) electrons. The van der Waals surface area contributed by atoms with Crippen LogP contribution in [-0.2, 0) is 9.59 Å². The Hall–Kier alpha value is -0.810. The molecule has 0 aromatic carbocycles. The maximum atomic E-state index is 11.9. The Balaban J connectivity index is 0.00000324. The van der Waals surface area contributed by atoms with E-state index in [2.05, 4.69) is 10.6 Å². The molecule has 1 fully saturated rings. The second kappa shape index (κ2) is 10.0. The highest BCUT2D eigenvalue weighted by Gasteiger charge is 2.15. The predicted octanol–water partition coefficient (Wildman–Crippen LogP) is 0.925. The summed E-state index contributed by atoms with van der Waals surface area (Å²) in [5.74, 6) is 0.214. The summed E-state index contributed by atoms with van der Waals surface area (Å²) in [6.07, 6.45) is 2.57. The van der Waals surface area contributed by atoms with Crippen LogP contribution in [0.1, 0.15) is 39.5 Å². The van der Waals surface area contributed by atoms with E-state index >= 15 is 0 Å². The van der Waals surface area contributed by atoms with Crippen molar-refractivity contribution in [1.82, 2.24) is 15.5 Å². The lowest BCUT2D eigenvalue weighted by Crippen LogP contribution is -2.34. The summed E-state index contributed by atoms with van der Waals surface area (Å²) < 4.78 is 0. The summed E-state index contributed by atoms with van der Waals surface area (Å²) in [6, 6.07) is 0.171. The van der Waals surface area contributed by atoms with Crippen LogP contribution in [0.2, 0.25) is 0 Å². The van der Waals surface area contributed by atoms with Gasteiger partial charge in [0.1, 0.15) is 0 Å². The molecular weight excluding hydrogens is 266 g/mol. The monoisotopic (exact) mass is 291 g/mol. The quantitative estimate of drug-likeness (QED) is 0.792. The Morgan fingerprint density at radius 2 is 1.95 bits per heavy atom. The molecule has 1 heterocycles. The molecule has 19 heavy (non-hydrogen) atoms. The summed E-state index contributed by atoms with van der Waals surface area (Å²) in [5.41, 5.74) is 0. The minimum absolute atomic E-state index is 0. The van der Waals surface area contributed by atoms with Gasteiger partial charge < -0.3 is 15.5 Å². The first-order valence-corrected chi connectivity index (χ1v) is 6.87. The second-order valence-corrected chi connectivity index (χ2v) is 5.06. The van der Waals surface area contributed by atoms with Gasteiger partial charge in [-0.25, -0.2) is 0 Å². The first-order chi connectivity index (χ1) is 8.59. The topological polar surface area (TPSA) is 61.4 Å². The summed E-state index contributed by atoms with van der Waals surface area (Å²) in [7, 11) is 0. The third kappa shape index (κ3) is 8.06. The molecule has 5 nitrogen and oxygen atoms in total. The smallest absolute Gasteiger partial charge is 0.222 e. The van der Waals surface area contributed by atoms with Gasteiger partial charge in [-0.05, 0) is 33.2 Å². The van der Waals surface area contributed by atoms with Crippen molar-refractivity contribution in [2.75, 3.05) is 26.2 Å². The van der Waals surface area contributed by atoms with Gasteiger partial charge in [-0.3, -0.25) is 9.59 Å². The molecule has 0 aromatic heterocycles. The normalized spacial score (nSPS) is 15.6. The van der Waals surface area contributed by atoms with Crippen molar-refractivity contribution < 1.29 is 9.59 Å². The number of carbonyl (C=O) groups is 2. The number of rotatable bonds is 5. The van der Waals surface area contributed by atoms with Crippen LogP contribution >= 0.6 is 12.4 Å². The lowest BCUT2D eigenvalue weighted by atomic mass is 10.2. The number of amides is 2. The summed E-state index contributed by atoms with van der Waals surface area (Å²) >= 11 is 0. The number of carbonyl (C=O) groups excluding carboxylic acids is 2. The largest absolute Gasteiger partial charge is 0.354 e. The standard InChI is InChI=1S/C13H25N3O2.ClH/c1-11(2)15-12(17)5-3-6-13(18)16-9-4-7-14-8-10-16;/h11,14H,3-10H2,1-2H3,(H,15,17);1H. The average Bonchev–Trinajstić information content (AvgIpc) is 2.56. The molecule has 0 spiro atoms. The minimum Gasteiger partial charge on any atom is -0.354 e. The Morgan fingerprint density at radius 1 is 1.21 bits per heavy atom. The van der Waals surface area contributed by atoms with Gasteiger partial charge in [-0.1, -0.05) is 0 Å². The van der Waals surface area contributed by atoms with E-state index in [1.807, 2.05) is 18.7 Å². The molecule has 0 aliphatic carbocycles. The molecule has 1 aliphatic rings. The minimum atomic E-state index is 0. The number of halogens is 1. The van der Waals surface area contributed by atoms with E-state index in [1.54, 1.807) is 0 Å². The zero-order valence-electron chi connectivity index (χ0n) is 11.9. The number of hydrogen-bond donors (Lipinski definition) is 2. The fourth-order valence-electron chi connectivity index (χ4n) is 2.05. The lowest BCUT2D eigenvalue weighted by Gasteiger charge is -2.19. The van der Waals surface area contributed by atoms with E-state index in [9.17, 15) is 9.59 Å². The second-order valence-electron chi connectivity index (χ2n) is 5.06. The van der Waals surface area contributed by atoms with Crippen molar-refractivity contribution in [3.63, 3.8) is 0 Å². The van der Waals surface area contributed by atoms with Crippen molar-refractivity contribution in [1.29, 1.82) is 0 Å². The molecule has 1 saturated heterocycles. The van der Waals surface area contributed by atoms with E-state index in [-0.39, 0.29) is 30.3 Å². The Kier molecular flexibility index (Phi) is 9.61. The average molecular weight is 292 g/mol. The molecule has 112 valence electrons. The molecular formula is C13H26ClN3O2. The van der Waals surface area contributed by atoms with Gasteiger partial charge in [0.15, 0.2) is 0 Å². The SMILES string of the molecule is CC(C)NC(=O)CCCC(=O)N1CCCNCC1.Cl. The van der Waals surface area contributed by atoms with E-state index < -0.39 is 0 Å². The van der Waals surface area contributed by atoms with Crippen molar-refractivity contribution in [2.45, 2.75) is 45.6 Å². The Morgan fingerprint density at radius 3 is 2.63 bits per heavy atom. The van der Waals surface area contributed by atoms with E-state index in [4.69, 9.17) is 0 Å². The number of nitrogens with one attached hydrogen (secondary N) is 2. The Bertz CT molecular complexity index is 277. The maximum absolute atomic E-state index is 11.9. The van der Waals surface area contributed by atoms with Gasteiger partial charge in [-0.15, -0.1) is 12.4 Å². The zero-order chi connectivity index (χ0) is 13.4. The van der Waals surface area contributed by atoms with Crippen molar-refractivity contribution in [3.05, 3.63) is 0 Å². The highest BCUT2D eigenvalue weighted by atomic mass is 35.5. The molecule has 0 atom stereocenters. The van der Waals surface area contributed by atoms with Crippen LogP contribution < -0.4 is 10.6 Å².